The predicted molar refractivity (Wildman–Crippen MR) is 119 cm³/mol. The molecule has 33 heavy (non-hydrogen) atoms. The predicted octanol–water partition coefficient (Wildman–Crippen LogP) is 5.94. The summed E-state index contributed by atoms with van der Waals surface area (Å²) in [5.74, 6) is -3.35. The smallest absolute Gasteiger partial charge is 0.306 e. The fourth-order valence-electron chi connectivity index (χ4n) is 4.90. The molecule has 2 aliphatic heterocycles. The maximum atomic E-state index is 15.2. The summed E-state index contributed by atoms with van der Waals surface area (Å²) in [6, 6.07) is 5.24. The zero-order valence-corrected chi connectivity index (χ0v) is 19.4. The number of nitrogens with zero attached hydrogens (tertiary/aromatic N) is 1. The van der Waals surface area contributed by atoms with Crippen molar-refractivity contribution in [3.63, 3.8) is 0 Å². The van der Waals surface area contributed by atoms with E-state index in [1.807, 2.05) is 13.0 Å². The minimum atomic E-state index is -0.968. The maximum absolute atomic E-state index is 15.2. The number of benzene rings is 2. The van der Waals surface area contributed by atoms with Crippen LogP contribution in [0.15, 0.2) is 24.3 Å². The van der Waals surface area contributed by atoms with E-state index in [4.69, 9.17) is 21.4 Å². The third-order valence-corrected chi connectivity index (χ3v) is 7.50. The number of piperidine rings is 1. The normalized spacial score (nSPS) is 19.6. The van der Waals surface area contributed by atoms with Gasteiger partial charge in [-0.15, -0.1) is 0 Å². The van der Waals surface area contributed by atoms with Crippen LogP contribution in [0.1, 0.15) is 55.8 Å². The Morgan fingerprint density at radius 2 is 1.88 bits per heavy atom. The first-order valence-corrected chi connectivity index (χ1v) is 11.6. The standard InChI is InChI=1S/C25H27ClF3NO3/c1-14(24(31)32)11-17-4-3-16-5-6-25(33-23(16)22(17)29)7-9-30(10-8-25)15(2)19-12-18(27)13-20(28)21(19)26/h3-4,12-15H,5-11H2,1-2H3,(H,31,32). The molecule has 2 aliphatic rings. The number of ether oxygens (including phenoxy) is 1. The first kappa shape index (κ1) is 23.9. The summed E-state index contributed by atoms with van der Waals surface area (Å²) in [5, 5.41) is 9.09. The van der Waals surface area contributed by atoms with E-state index in [9.17, 15) is 13.6 Å². The van der Waals surface area contributed by atoms with Gasteiger partial charge in [-0.25, -0.2) is 13.2 Å². The molecule has 2 heterocycles. The molecule has 4 rings (SSSR count). The van der Waals surface area contributed by atoms with E-state index in [0.29, 0.717) is 43.5 Å². The number of carboxylic acids is 1. The molecule has 0 aromatic heterocycles. The highest BCUT2D eigenvalue weighted by molar-refractivity contribution is 6.31. The van der Waals surface area contributed by atoms with Crippen molar-refractivity contribution >= 4 is 17.6 Å². The molecule has 2 unspecified atom stereocenters. The van der Waals surface area contributed by atoms with E-state index in [-0.39, 0.29) is 23.2 Å². The highest BCUT2D eigenvalue weighted by Crippen LogP contribution is 2.43. The van der Waals surface area contributed by atoms with Crippen molar-refractivity contribution < 1.29 is 27.8 Å². The molecule has 0 aliphatic carbocycles. The lowest BCUT2D eigenvalue weighted by atomic mass is 9.82. The van der Waals surface area contributed by atoms with E-state index in [1.165, 1.54) is 6.07 Å². The van der Waals surface area contributed by atoms with Gasteiger partial charge in [0.2, 0.25) is 0 Å². The lowest BCUT2D eigenvalue weighted by Crippen LogP contribution is -2.50. The van der Waals surface area contributed by atoms with Crippen molar-refractivity contribution in [3.8, 4) is 5.75 Å². The lowest BCUT2D eigenvalue weighted by molar-refractivity contribution is -0.141. The van der Waals surface area contributed by atoms with Crippen molar-refractivity contribution in [1.82, 2.24) is 4.90 Å². The van der Waals surface area contributed by atoms with Crippen LogP contribution in [-0.4, -0.2) is 34.7 Å². The van der Waals surface area contributed by atoms with Gasteiger partial charge in [-0.05, 0) is 61.8 Å². The van der Waals surface area contributed by atoms with E-state index in [1.54, 1.807) is 13.0 Å². The Morgan fingerprint density at radius 3 is 2.55 bits per heavy atom. The summed E-state index contributed by atoms with van der Waals surface area (Å²) in [4.78, 5) is 13.3. The fraction of sp³-hybridized carbons (Fsp3) is 0.480. The molecule has 178 valence electrons. The van der Waals surface area contributed by atoms with Crippen molar-refractivity contribution in [2.24, 2.45) is 5.92 Å². The summed E-state index contributed by atoms with van der Waals surface area (Å²) in [6.07, 6.45) is 2.81. The van der Waals surface area contributed by atoms with Crippen molar-refractivity contribution in [1.29, 1.82) is 0 Å². The van der Waals surface area contributed by atoms with Gasteiger partial charge in [0, 0.05) is 25.2 Å². The SMILES string of the molecule is CC(Cc1ccc2c(c1F)OC1(CC2)CCN(C(C)c2cc(F)cc(F)c2Cl)CC1)C(=O)O. The van der Waals surface area contributed by atoms with E-state index in [0.717, 1.165) is 18.1 Å². The third kappa shape index (κ3) is 4.71. The Morgan fingerprint density at radius 1 is 1.18 bits per heavy atom. The number of fused-ring (bicyclic) bond motifs is 1. The Bertz CT molecular complexity index is 1070. The van der Waals surface area contributed by atoms with Crippen LogP contribution < -0.4 is 4.74 Å². The molecule has 0 amide bonds. The Hall–Kier alpha value is -2.25. The quantitative estimate of drug-likeness (QED) is 0.537. The van der Waals surface area contributed by atoms with Gasteiger partial charge in [-0.1, -0.05) is 30.7 Å². The molecule has 0 bridgehead atoms. The van der Waals surface area contributed by atoms with Gasteiger partial charge in [0.25, 0.3) is 0 Å². The van der Waals surface area contributed by atoms with Gasteiger partial charge in [-0.2, -0.15) is 0 Å². The number of hydrogen-bond donors (Lipinski definition) is 1. The number of rotatable bonds is 5. The molecular formula is C25H27ClF3NO3. The molecular weight excluding hydrogens is 455 g/mol. The second kappa shape index (κ2) is 9.18. The summed E-state index contributed by atoms with van der Waals surface area (Å²) >= 11 is 6.09. The second-order valence-corrected chi connectivity index (χ2v) is 9.64. The van der Waals surface area contributed by atoms with Gasteiger partial charge < -0.3 is 9.84 Å². The molecule has 2 aromatic rings. The molecule has 1 spiro atoms. The molecule has 2 aromatic carbocycles. The van der Waals surface area contributed by atoms with Crippen LogP contribution in [0.3, 0.4) is 0 Å². The Labute approximate surface area is 196 Å². The first-order valence-electron chi connectivity index (χ1n) is 11.2. The van der Waals surface area contributed by atoms with Gasteiger partial charge >= 0.3 is 5.97 Å². The lowest BCUT2D eigenvalue weighted by Gasteiger charge is -2.46. The zero-order chi connectivity index (χ0) is 23.9. The Balaban J connectivity index is 1.49. The minimum absolute atomic E-state index is 0.0720. The highest BCUT2D eigenvalue weighted by atomic mass is 35.5. The molecule has 0 saturated carbocycles. The van der Waals surface area contributed by atoms with Crippen LogP contribution in [0.4, 0.5) is 13.2 Å². The van der Waals surface area contributed by atoms with Crippen LogP contribution in [0.2, 0.25) is 5.02 Å². The molecule has 8 heteroatoms. The molecule has 2 atom stereocenters. The fourth-order valence-corrected chi connectivity index (χ4v) is 5.16. The summed E-state index contributed by atoms with van der Waals surface area (Å²) in [5.41, 5.74) is 1.03. The van der Waals surface area contributed by atoms with Gasteiger partial charge in [0.15, 0.2) is 11.6 Å². The number of halogens is 4. The number of aliphatic carboxylic acids is 1. The van der Waals surface area contributed by atoms with Crippen molar-refractivity contribution in [3.05, 3.63) is 63.4 Å². The van der Waals surface area contributed by atoms with Gasteiger partial charge in [-0.3, -0.25) is 9.69 Å². The van der Waals surface area contributed by atoms with E-state index >= 15 is 4.39 Å². The second-order valence-electron chi connectivity index (χ2n) is 9.26. The summed E-state index contributed by atoms with van der Waals surface area (Å²) in [7, 11) is 0. The topological polar surface area (TPSA) is 49.8 Å². The molecule has 1 saturated heterocycles. The summed E-state index contributed by atoms with van der Waals surface area (Å²) in [6.45, 7) is 4.65. The average molecular weight is 482 g/mol. The molecule has 0 radical (unpaired) electrons. The van der Waals surface area contributed by atoms with Gasteiger partial charge in [0.1, 0.15) is 17.2 Å². The number of hydrogen-bond acceptors (Lipinski definition) is 3. The van der Waals surface area contributed by atoms with Crippen LogP contribution in [0, 0.1) is 23.4 Å². The zero-order valence-electron chi connectivity index (χ0n) is 18.6. The molecule has 1 N–H and O–H groups in total. The van der Waals surface area contributed by atoms with E-state index in [2.05, 4.69) is 4.90 Å². The van der Waals surface area contributed by atoms with Crippen molar-refractivity contribution in [2.75, 3.05) is 13.1 Å². The van der Waals surface area contributed by atoms with Crippen molar-refractivity contribution in [2.45, 2.75) is 57.6 Å². The van der Waals surface area contributed by atoms with Crippen LogP contribution in [0.25, 0.3) is 0 Å². The number of likely N-dealkylation sites (tertiary alicyclic amines) is 1. The number of aryl methyl sites for hydroxylation is 1. The largest absolute Gasteiger partial charge is 0.484 e. The maximum Gasteiger partial charge on any atom is 0.306 e. The third-order valence-electron chi connectivity index (χ3n) is 7.10. The van der Waals surface area contributed by atoms with E-state index < -0.39 is 34.9 Å². The molecule has 4 nitrogen and oxygen atoms in total. The minimum Gasteiger partial charge on any atom is -0.484 e. The Kier molecular flexibility index (Phi) is 6.65. The monoisotopic (exact) mass is 481 g/mol. The van der Waals surface area contributed by atoms with Crippen LogP contribution in [-0.2, 0) is 17.6 Å². The number of carboxylic acid groups (broad SMARTS) is 1. The van der Waals surface area contributed by atoms with Crippen LogP contribution >= 0.6 is 11.6 Å². The van der Waals surface area contributed by atoms with Gasteiger partial charge in [0.05, 0.1) is 10.9 Å². The average Bonchev–Trinajstić information content (AvgIpc) is 2.78. The molecule has 1 fully saturated rings. The number of carbonyl (C=O) groups is 1. The highest BCUT2D eigenvalue weighted by Gasteiger charge is 2.42. The first-order chi connectivity index (χ1) is 15.6. The summed E-state index contributed by atoms with van der Waals surface area (Å²) < 4.78 is 49.2. The van der Waals surface area contributed by atoms with Crippen LogP contribution in [0.5, 0.6) is 5.75 Å².